The summed E-state index contributed by atoms with van der Waals surface area (Å²) in [7, 11) is -3.92. The van der Waals surface area contributed by atoms with E-state index in [-0.39, 0.29) is 41.5 Å². The van der Waals surface area contributed by atoms with Gasteiger partial charge in [-0.05, 0) is 36.4 Å². The zero-order chi connectivity index (χ0) is 16.8. The zero-order valence-corrected chi connectivity index (χ0v) is 14.4. The molecule has 0 bridgehead atoms. The normalized spacial score (nSPS) is 11.8. The number of phenolic OH excluding ortho intramolecular Hbond substituents is 1. The molecule has 0 saturated heterocycles. The van der Waals surface area contributed by atoms with Crippen LogP contribution in [0.1, 0.15) is 0 Å². The summed E-state index contributed by atoms with van der Waals surface area (Å²) in [4.78, 5) is 3.90. The molecule has 4 nitrogen and oxygen atoms in total. The van der Waals surface area contributed by atoms with Gasteiger partial charge in [0.05, 0.1) is 24.9 Å². The van der Waals surface area contributed by atoms with Crippen molar-refractivity contribution in [2.75, 3.05) is 0 Å². The van der Waals surface area contributed by atoms with Crippen molar-refractivity contribution in [2.24, 2.45) is 0 Å². The highest BCUT2D eigenvalue weighted by Gasteiger charge is 2.24. The quantitative estimate of drug-likeness (QED) is 0.689. The second-order valence-corrected chi connectivity index (χ2v) is 7.82. The Morgan fingerprint density at radius 1 is 0.957 bits per heavy atom. The first-order valence-corrected chi connectivity index (χ1v) is 8.90. The molecule has 3 rings (SSSR count). The summed E-state index contributed by atoms with van der Waals surface area (Å²) in [6, 6.07) is 8.33. The maximum atomic E-state index is 12.9. The summed E-state index contributed by atoms with van der Waals surface area (Å²) in [6.07, 6.45) is 1.44. The van der Waals surface area contributed by atoms with Gasteiger partial charge in [-0.1, -0.05) is 34.8 Å². The molecule has 23 heavy (non-hydrogen) atoms. The van der Waals surface area contributed by atoms with Gasteiger partial charge in [-0.25, -0.2) is 8.42 Å². The van der Waals surface area contributed by atoms with Gasteiger partial charge in [0.2, 0.25) is 9.84 Å². The van der Waals surface area contributed by atoms with Gasteiger partial charge in [0.25, 0.3) is 0 Å². The molecule has 118 valence electrons. The van der Waals surface area contributed by atoms with Gasteiger partial charge < -0.3 is 5.11 Å². The summed E-state index contributed by atoms with van der Waals surface area (Å²) >= 11 is 17.7. The largest absolute Gasteiger partial charge is 0.504 e. The van der Waals surface area contributed by atoms with E-state index >= 15 is 0 Å². The van der Waals surface area contributed by atoms with E-state index in [1.165, 1.54) is 30.5 Å². The molecule has 0 atom stereocenters. The van der Waals surface area contributed by atoms with E-state index in [1.54, 1.807) is 12.1 Å². The minimum absolute atomic E-state index is 0.0289. The van der Waals surface area contributed by atoms with Crippen LogP contribution in [-0.2, 0) is 9.84 Å². The van der Waals surface area contributed by atoms with Crippen molar-refractivity contribution >= 4 is 55.5 Å². The lowest BCUT2D eigenvalue weighted by Gasteiger charge is -2.11. The topological polar surface area (TPSA) is 67.3 Å². The average molecular weight is 389 g/mol. The van der Waals surface area contributed by atoms with E-state index in [1.807, 2.05) is 0 Å². The fourth-order valence-electron chi connectivity index (χ4n) is 2.16. The molecule has 0 saturated carbocycles. The van der Waals surface area contributed by atoms with Crippen molar-refractivity contribution in [3.63, 3.8) is 0 Å². The lowest BCUT2D eigenvalue weighted by Crippen LogP contribution is -2.03. The number of hydrogen-bond donors (Lipinski definition) is 1. The predicted molar refractivity (Wildman–Crippen MR) is 90.3 cm³/mol. The van der Waals surface area contributed by atoms with Crippen molar-refractivity contribution < 1.29 is 13.5 Å². The molecule has 3 aromatic rings. The SMILES string of the molecule is O=S(=O)(c1ccc(Cl)c(Cl)c1)c1cc(Cl)c(O)c2ncccc12. The Hall–Kier alpha value is -1.53. The van der Waals surface area contributed by atoms with E-state index < -0.39 is 9.84 Å². The Balaban J connectivity index is 2.35. The zero-order valence-electron chi connectivity index (χ0n) is 11.3. The number of halogens is 3. The lowest BCUT2D eigenvalue weighted by atomic mass is 10.2. The fraction of sp³-hybridized carbons (Fsp3) is 0. The first-order valence-electron chi connectivity index (χ1n) is 6.28. The third-order valence-electron chi connectivity index (χ3n) is 3.27. The van der Waals surface area contributed by atoms with E-state index in [9.17, 15) is 13.5 Å². The number of benzene rings is 2. The summed E-state index contributed by atoms with van der Waals surface area (Å²) in [5.41, 5.74) is 0.110. The average Bonchev–Trinajstić information content (AvgIpc) is 2.53. The van der Waals surface area contributed by atoms with Gasteiger partial charge in [0.1, 0.15) is 5.52 Å². The summed E-state index contributed by atoms with van der Waals surface area (Å²) in [6.45, 7) is 0. The van der Waals surface area contributed by atoms with Crippen LogP contribution < -0.4 is 0 Å². The molecule has 0 amide bonds. The number of hydrogen-bond acceptors (Lipinski definition) is 4. The number of sulfone groups is 1. The third-order valence-corrected chi connectivity index (χ3v) is 6.09. The molecular formula is C15H8Cl3NO3S. The molecule has 0 unspecified atom stereocenters. The van der Waals surface area contributed by atoms with Crippen molar-refractivity contribution in [3.05, 3.63) is 57.7 Å². The second kappa shape index (κ2) is 5.83. The number of fused-ring (bicyclic) bond motifs is 1. The molecule has 0 aliphatic heterocycles. The Morgan fingerprint density at radius 3 is 2.39 bits per heavy atom. The highest BCUT2D eigenvalue weighted by Crippen LogP contribution is 2.38. The highest BCUT2D eigenvalue weighted by atomic mass is 35.5. The number of pyridine rings is 1. The van der Waals surface area contributed by atoms with Crippen molar-refractivity contribution in [1.29, 1.82) is 0 Å². The minimum atomic E-state index is -3.92. The van der Waals surface area contributed by atoms with Crippen LogP contribution in [0.2, 0.25) is 15.1 Å². The van der Waals surface area contributed by atoms with Crippen molar-refractivity contribution in [2.45, 2.75) is 9.79 Å². The van der Waals surface area contributed by atoms with Crippen LogP contribution in [0, 0.1) is 0 Å². The van der Waals surface area contributed by atoms with Crippen LogP contribution in [0.25, 0.3) is 10.9 Å². The molecule has 1 N–H and O–H groups in total. The predicted octanol–water partition coefficient (Wildman–Crippen LogP) is 4.73. The van der Waals surface area contributed by atoms with Gasteiger partial charge in [0, 0.05) is 11.6 Å². The molecule has 1 heterocycles. The molecule has 2 aromatic carbocycles. The molecule has 0 fully saturated rings. The van der Waals surface area contributed by atoms with E-state index in [2.05, 4.69) is 4.98 Å². The Kier molecular flexibility index (Phi) is 4.14. The van der Waals surface area contributed by atoms with Crippen molar-refractivity contribution in [1.82, 2.24) is 4.98 Å². The molecule has 0 aliphatic rings. The van der Waals surface area contributed by atoms with Crippen LogP contribution in [0.3, 0.4) is 0 Å². The van der Waals surface area contributed by atoms with Crippen LogP contribution in [0.4, 0.5) is 0 Å². The number of nitrogens with zero attached hydrogens (tertiary/aromatic N) is 1. The molecule has 8 heteroatoms. The standard InChI is InChI=1S/C15H8Cl3NO3S/c16-10-4-3-8(6-11(10)17)23(21,22)13-7-12(18)15(20)14-9(13)2-1-5-19-14/h1-7,20H. The molecule has 0 spiro atoms. The molecule has 1 aromatic heterocycles. The summed E-state index contributed by atoms with van der Waals surface area (Å²) in [5.74, 6) is -0.268. The molecule has 0 aliphatic carbocycles. The van der Waals surface area contributed by atoms with Crippen LogP contribution in [0.5, 0.6) is 5.75 Å². The maximum absolute atomic E-state index is 12.9. The van der Waals surface area contributed by atoms with Gasteiger partial charge >= 0.3 is 0 Å². The van der Waals surface area contributed by atoms with Gasteiger partial charge in [-0.3, -0.25) is 4.98 Å². The number of aromatic nitrogens is 1. The van der Waals surface area contributed by atoms with Gasteiger partial charge in [-0.2, -0.15) is 0 Å². The summed E-state index contributed by atoms with van der Waals surface area (Å²) < 4.78 is 25.8. The van der Waals surface area contributed by atoms with Crippen molar-refractivity contribution in [3.8, 4) is 5.75 Å². The Labute approximate surface area is 147 Å². The highest BCUT2D eigenvalue weighted by molar-refractivity contribution is 7.91. The fourth-order valence-corrected chi connectivity index (χ4v) is 4.29. The van der Waals surface area contributed by atoms with E-state index in [0.717, 1.165) is 0 Å². The minimum Gasteiger partial charge on any atom is -0.504 e. The van der Waals surface area contributed by atoms with E-state index in [0.29, 0.717) is 0 Å². The third kappa shape index (κ3) is 2.74. The Bertz CT molecular complexity index is 1040. The maximum Gasteiger partial charge on any atom is 0.207 e. The number of phenols is 1. The van der Waals surface area contributed by atoms with Gasteiger partial charge in [-0.15, -0.1) is 0 Å². The smallest absolute Gasteiger partial charge is 0.207 e. The number of rotatable bonds is 2. The lowest BCUT2D eigenvalue weighted by molar-refractivity contribution is 0.480. The first kappa shape index (κ1) is 16.3. The number of aromatic hydroxyl groups is 1. The van der Waals surface area contributed by atoms with Crippen LogP contribution >= 0.6 is 34.8 Å². The van der Waals surface area contributed by atoms with Gasteiger partial charge in [0.15, 0.2) is 5.75 Å². The van der Waals surface area contributed by atoms with Crippen LogP contribution in [0.15, 0.2) is 52.4 Å². The molecule has 0 radical (unpaired) electrons. The molecular weight excluding hydrogens is 381 g/mol. The van der Waals surface area contributed by atoms with E-state index in [4.69, 9.17) is 34.8 Å². The Morgan fingerprint density at radius 2 is 1.70 bits per heavy atom. The monoisotopic (exact) mass is 387 g/mol. The first-order chi connectivity index (χ1) is 10.8. The summed E-state index contributed by atoms with van der Waals surface area (Å²) in [5, 5.41) is 10.5. The second-order valence-electron chi connectivity index (χ2n) is 4.68. The van der Waals surface area contributed by atoms with Crippen LogP contribution in [-0.4, -0.2) is 18.5 Å².